The third-order valence-corrected chi connectivity index (χ3v) is 6.24. The van der Waals surface area contributed by atoms with Gasteiger partial charge in [0.1, 0.15) is 10.2 Å². The van der Waals surface area contributed by atoms with Gasteiger partial charge >= 0.3 is 11.9 Å². The summed E-state index contributed by atoms with van der Waals surface area (Å²) < 4.78 is 10.4. The number of halogens is 1. The van der Waals surface area contributed by atoms with Crippen LogP contribution in [0.5, 0.6) is 0 Å². The number of nitrogens with zero attached hydrogens (tertiary/aromatic N) is 1. The predicted molar refractivity (Wildman–Crippen MR) is 114 cm³/mol. The van der Waals surface area contributed by atoms with Gasteiger partial charge in [0.25, 0.3) is 5.91 Å². The smallest absolute Gasteiger partial charge is 0.341 e. The molecule has 0 saturated carbocycles. The van der Waals surface area contributed by atoms with E-state index in [0.29, 0.717) is 16.5 Å². The average molecular weight is 451 g/mol. The van der Waals surface area contributed by atoms with Gasteiger partial charge in [0.05, 0.1) is 17.7 Å². The van der Waals surface area contributed by atoms with Crippen LogP contribution in [0.1, 0.15) is 58.3 Å². The second-order valence-electron chi connectivity index (χ2n) is 7.18. The highest BCUT2D eigenvalue weighted by atomic mass is 35.5. The number of amides is 1. The van der Waals surface area contributed by atoms with Crippen LogP contribution in [-0.4, -0.2) is 35.5 Å². The Morgan fingerprint density at radius 1 is 1.33 bits per heavy atom. The molecule has 9 heteroatoms. The Balaban J connectivity index is 1.75. The zero-order valence-electron chi connectivity index (χ0n) is 17.0. The number of anilines is 1. The number of aromatic nitrogens is 1. The van der Waals surface area contributed by atoms with Gasteiger partial charge in [-0.05, 0) is 56.7 Å². The summed E-state index contributed by atoms with van der Waals surface area (Å²) in [5, 5.41) is 3.44. The van der Waals surface area contributed by atoms with Crippen molar-refractivity contribution < 1.29 is 23.9 Å². The summed E-state index contributed by atoms with van der Waals surface area (Å²) in [6.45, 7) is 5.62. The van der Waals surface area contributed by atoms with E-state index in [2.05, 4.69) is 17.2 Å². The van der Waals surface area contributed by atoms with Crippen molar-refractivity contribution in [2.24, 2.45) is 5.92 Å². The highest BCUT2D eigenvalue weighted by Gasteiger charge is 2.30. The number of thiophene rings is 1. The van der Waals surface area contributed by atoms with Crippen LogP contribution in [0.4, 0.5) is 5.00 Å². The molecular weight excluding hydrogens is 428 g/mol. The largest absolute Gasteiger partial charge is 0.462 e. The molecule has 0 aromatic carbocycles. The van der Waals surface area contributed by atoms with Crippen molar-refractivity contribution in [3.63, 3.8) is 0 Å². The van der Waals surface area contributed by atoms with Crippen molar-refractivity contribution in [2.75, 3.05) is 11.9 Å². The summed E-state index contributed by atoms with van der Waals surface area (Å²) in [5.41, 5.74) is 1.55. The lowest BCUT2D eigenvalue weighted by Gasteiger charge is -2.18. The SMILES string of the molecule is CCOC(=O)c1c(NC(=O)C(C)OC(=O)c2ccc(Cl)nc2)sc2c1CCC(C)C2. The highest BCUT2D eigenvalue weighted by Crippen LogP contribution is 2.40. The molecule has 2 aromatic heterocycles. The van der Waals surface area contributed by atoms with E-state index in [0.717, 1.165) is 29.7 Å². The number of esters is 2. The second kappa shape index (κ2) is 9.57. The molecule has 7 nitrogen and oxygen atoms in total. The molecule has 0 bridgehead atoms. The number of fused-ring (bicyclic) bond motifs is 1. The van der Waals surface area contributed by atoms with Crippen LogP contribution in [0.25, 0.3) is 0 Å². The molecule has 0 fully saturated rings. The maximum atomic E-state index is 12.7. The number of pyridine rings is 1. The topological polar surface area (TPSA) is 94.6 Å². The lowest BCUT2D eigenvalue weighted by atomic mass is 9.88. The van der Waals surface area contributed by atoms with Gasteiger partial charge in [-0.1, -0.05) is 18.5 Å². The van der Waals surface area contributed by atoms with Crippen molar-refractivity contribution >= 4 is 45.8 Å². The molecule has 0 aliphatic heterocycles. The third kappa shape index (κ3) is 4.99. The molecule has 30 heavy (non-hydrogen) atoms. The highest BCUT2D eigenvalue weighted by molar-refractivity contribution is 7.17. The first-order valence-corrected chi connectivity index (χ1v) is 10.9. The van der Waals surface area contributed by atoms with Crippen LogP contribution < -0.4 is 5.32 Å². The third-order valence-electron chi connectivity index (χ3n) is 4.84. The molecule has 2 heterocycles. The summed E-state index contributed by atoms with van der Waals surface area (Å²) in [6, 6.07) is 2.93. The number of ether oxygens (including phenoxy) is 2. The van der Waals surface area contributed by atoms with Crippen molar-refractivity contribution in [3.05, 3.63) is 45.1 Å². The molecule has 0 saturated heterocycles. The molecule has 2 aromatic rings. The number of hydrogen-bond donors (Lipinski definition) is 1. The van der Waals surface area contributed by atoms with Gasteiger partial charge in [0.15, 0.2) is 6.10 Å². The first-order valence-electron chi connectivity index (χ1n) is 9.75. The van der Waals surface area contributed by atoms with Crippen LogP contribution in [0.3, 0.4) is 0 Å². The van der Waals surface area contributed by atoms with Crippen LogP contribution >= 0.6 is 22.9 Å². The van der Waals surface area contributed by atoms with Crippen LogP contribution in [0.2, 0.25) is 5.15 Å². The minimum Gasteiger partial charge on any atom is -0.462 e. The van der Waals surface area contributed by atoms with Crippen LogP contribution in [0, 0.1) is 5.92 Å². The fourth-order valence-electron chi connectivity index (χ4n) is 3.25. The Hall–Kier alpha value is -2.45. The molecule has 3 rings (SSSR count). The van der Waals surface area contributed by atoms with E-state index in [4.69, 9.17) is 21.1 Å². The Bertz CT molecular complexity index is 957. The minimum absolute atomic E-state index is 0.187. The standard InChI is InChI=1S/C21H23ClN2O5S/c1-4-28-21(27)17-14-7-5-11(2)9-15(14)30-19(17)24-18(25)12(3)29-20(26)13-6-8-16(22)23-10-13/h6,8,10-12H,4-5,7,9H2,1-3H3,(H,24,25). The molecule has 2 atom stereocenters. The molecular formula is C21H23ClN2O5S. The molecule has 1 N–H and O–H groups in total. The Labute approximate surface area is 183 Å². The molecule has 1 aliphatic rings. The zero-order valence-corrected chi connectivity index (χ0v) is 18.6. The monoisotopic (exact) mass is 450 g/mol. The van der Waals surface area contributed by atoms with Crippen molar-refractivity contribution in [1.29, 1.82) is 0 Å². The van der Waals surface area contributed by atoms with Crippen molar-refractivity contribution in [1.82, 2.24) is 4.98 Å². The average Bonchev–Trinajstić information content (AvgIpc) is 3.05. The fraction of sp³-hybridized carbons (Fsp3) is 0.429. The van der Waals surface area contributed by atoms with E-state index >= 15 is 0 Å². The molecule has 1 aliphatic carbocycles. The van der Waals surface area contributed by atoms with Crippen molar-refractivity contribution in [3.8, 4) is 0 Å². The maximum absolute atomic E-state index is 12.7. The molecule has 160 valence electrons. The molecule has 0 spiro atoms. The zero-order chi connectivity index (χ0) is 21.8. The minimum atomic E-state index is -1.07. The van der Waals surface area contributed by atoms with E-state index in [9.17, 15) is 14.4 Å². The normalized spacial score (nSPS) is 16.3. The maximum Gasteiger partial charge on any atom is 0.341 e. The molecule has 1 amide bonds. The van der Waals surface area contributed by atoms with Crippen LogP contribution in [-0.2, 0) is 27.1 Å². The summed E-state index contributed by atoms with van der Waals surface area (Å²) in [6.07, 6.45) is 2.82. The summed E-state index contributed by atoms with van der Waals surface area (Å²) in [4.78, 5) is 42.4. The van der Waals surface area contributed by atoms with Crippen molar-refractivity contribution in [2.45, 2.75) is 46.1 Å². The van der Waals surface area contributed by atoms with Gasteiger partial charge in [-0.2, -0.15) is 0 Å². The van der Waals surface area contributed by atoms with E-state index < -0.39 is 23.9 Å². The van der Waals surface area contributed by atoms with E-state index in [1.165, 1.54) is 36.6 Å². The summed E-state index contributed by atoms with van der Waals surface area (Å²) >= 11 is 7.10. The van der Waals surface area contributed by atoms with E-state index in [1.807, 2.05) is 0 Å². The first kappa shape index (κ1) is 22.2. The van der Waals surface area contributed by atoms with Gasteiger partial charge in [-0.25, -0.2) is 14.6 Å². The number of carbonyl (C=O) groups excluding carboxylic acids is 3. The van der Waals surface area contributed by atoms with E-state index in [-0.39, 0.29) is 17.3 Å². The number of rotatable bonds is 6. The van der Waals surface area contributed by atoms with Gasteiger partial charge in [-0.3, -0.25) is 4.79 Å². The first-order chi connectivity index (χ1) is 14.3. The van der Waals surface area contributed by atoms with Crippen LogP contribution in [0.15, 0.2) is 18.3 Å². The van der Waals surface area contributed by atoms with Gasteiger partial charge in [0.2, 0.25) is 0 Å². The quantitative estimate of drug-likeness (QED) is 0.521. The summed E-state index contributed by atoms with van der Waals surface area (Å²) in [5.74, 6) is -1.14. The van der Waals surface area contributed by atoms with Gasteiger partial charge in [-0.15, -0.1) is 11.3 Å². The number of carbonyl (C=O) groups is 3. The Morgan fingerprint density at radius 2 is 2.10 bits per heavy atom. The van der Waals surface area contributed by atoms with Gasteiger partial charge in [0, 0.05) is 11.1 Å². The van der Waals surface area contributed by atoms with E-state index in [1.54, 1.807) is 6.92 Å². The van der Waals surface area contributed by atoms with Gasteiger partial charge < -0.3 is 14.8 Å². The molecule has 2 unspecified atom stereocenters. The Morgan fingerprint density at radius 3 is 2.77 bits per heavy atom. The lowest BCUT2D eigenvalue weighted by molar-refractivity contribution is -0.123. The molecule has 0 radical (unpaired) electrons. The predicted octanol–water partition coefficient (Wildman–Crippen LogP) is 4.28. The lowest BCUT2D eigenvalue weighted by Crippen LogP contribution is -2.30. The second-order valence-corrected chi connectivity index (χ2v) is 8.68. The fourth-order valence-corrected chi connectivity index (χ4v) is 4.76. The summed E-state index contributed by atoms with van der Waals surface area (Å²) in [7, 11) is 0. The number of nitrogens with one attached hydrogen (secondary N) is 1. The Kier molecular flexibility index (Phi) is 7.10. The number of hydrogen-bond acceptors (Lipinski definition) is 7.